The summed E-state index contributed by atoms with van der Waals surface area (Å²) in [5.41, 5.74) is 1.76. The van der Waals surface area contributed by atoms with Gasteiger partial charge in [0, 0.05) is 44.3 Å². The fourth-order valence-electron chi connectivity index (χ4n) is 6.23. The Morgan fingerprint density at radius 3 is 2.30 bits per heavy atom. The zero-order valence-corrected chi connectivity index (χ0v) is 21.9. The second kappa shape index (κ2) is 10.4. The molecule has 2 aromatic rings. The number of hydrogen-bond acceptors (Lipinski definition) is 8. The Balaban J connectivity index is 1.04. The van der Waals surface area contributed by atoms with E-state index in [2.05, 4.69) is 15.1 Å². The number of carbonyl (C=O) groups excluding carboxylic acids is 4. The number of aromatic carboxylic acids is 1. The average molecular weight is 547 g/mol. The maximum absolute atomic E-state index is 13.1. The lowest BCUT2D eigenvalue weighted by Gasteiger charge is -2.39. The van der Waals surface area contributed by atoms with Crippen LogP contribution in [0.15, 0.2) is 42.5 Å². The van der Waals surface area contributed by atoms with Crippen molar-refractivity contribution < 1.29 is 33.8 Å². The van der Waals surface area contributed by atoms with Crippen molar-refractivity contribution in [3.8, 4) is 5.75 Å². The van der Waals surface area contributed by atoms with Crippen molar-refractivity contribution in [2.75, 3.05) is 31.1 Å². The van der Waals surface area contributed by atoms with E-state index < -0.39 is 35.6 Å². The number of piperidine rings is 1. The first-order chi connectivity index (χ1) is 19.3. The third-order valence-electron chi connectivity index (χ3n) is 8.38. The number of carboxylic acid groups (broad SMARTS) is 1. The van der Waals surface area contributed by atoms with E-state index in [1.807, 2.05) is 12.1 Å². The van der Waals surface area contributed by atoms with Gasteiger partial charge in [-0.15, -0.1) is 0 Å². The van der Waals surface area contributed by atoms with Gasteiger partial charge in [0.2, 0.25) is 11.8 Å². The first-order valence-corrected chi connectivity index (χ1v) is 13.6. The first-order valence-electron chi connectivity index (χ1n) is 13.6. The highest BCUT2D eigenvalue weighted by Gasteiger charge is 2.45. The normalized spacial score (nSPS) is 25.2. The highest BCUT2D eigenvalue weighted by atomic mass is 16.5. The minimum absolute atomic E-state index is 0.0110. The lowest BCUT2D eigenvalue weighted by atomic mass is 10.0. The molecule has 3 aliphatic heterocycles. The molecular weight excluding hydrogens is 516 g/mol. The second-order valence-electron chi connectivity index (χ2n) is 10.7. The monoisotopic (exact) mass is 546 g/mol. The summed E-state index contributed by atoms with van der Waals surface area (Å²) in [5.74, 6) is -2.51. The fraction of sp³-hybridized carbons (Fsp3) is 0.414. The summed E-state index contributed by atoms with van der Waals surface area (Å²) in [4.78, 5) is 66.6. The zero-order chi connectivity index (χ0) is 28.0. The number of imide groups is 2. The van der Waals surface area contributed by atoms with Crippen LogP contribution in [-0.2, 0) is 9.59 Å². The van der Waals surface area contributed by atoms with Gasteiger partial charge in [0.25, 0.3) is 11.8 Å². The molecule has 1 saturated carbocycles. The molecule has 3 heterocycles. The van der Waals surface area contributed by atoms with Crippen molar-refractivity contribution in [2.24, 2.45) is 0 Å². The summed E-state index contributed by atoms with van der Waals surface area (Å²) in [5, 5.41) is 11.3. The molecule has 2 saturated heterocycles. The Morgan fingerprint density at radius 1 is 0.875 bits per heavy atom. The molecule has 0 bridgehead atoms. The molecule has 3 fully saturated rings. The van der Waals surface area contributed by atoms with Gasteiger partial charge in [-0.1, -0.05) is 0 Å². The van der Waals surface area contributed by atoms with E-state index in [4.69, 9.17) is 9.84 Å². The number of nitrogens with one attached hydrogen (secondary N) is 1. The molecule has 11 heteroatoms. The van der Waals surface area contributed by atoms with Crippen LogP contribution in [0.2, 0.25) is 0 Å². The van der Waals surface area contributed by atoms with E-state index >= 15 is 0 Å². The van der Waals surface area contributed by atoms with E-state index in [0.717, 1.165) is 56.0 Å². The molecule has 1 unspecified atom stereocenters. The molecule has 0 spiro atoms. The maximum Gasteiger partial charge on any atom is 0.335 e. The summed E-state index contributed by atoms with van der Waals surface area (Å²) < 4.78 is 6.25. The molecule has 1 aliphatic carbocycles. The number of ether oxygens (including phenoxy) is 1. The highest BCUT2D eigenvalue weighted by Crippen LogP contribution is 2.33. The average Bonchev–Trinajstić information content (AvgIpc) is 3.51. The molecule has 0 aromatic heterocycles. The Labute approximate surface area is 230 Å². The van der Waals surface area contributed by atoms with Gasteiger partial charge in [0.05, 0.1) is 16.7 Å². The Bertz CT molecular complexity index is 1380. The van der Waals surface area contributed by atoms with E-state index in [1.165, 1.54) is 0 Å². The van der Waals surface area contributed by atoms with Gasteiger partial charge in [0.15, 0.2) is 0 Å². The van der Waals surface area contributed by atoms with E-state index in [9.17, 15) is 24.0 Å². The minimum atomic E-state index is -0.991. The number of anilines is 1. The van der Waals surface area contributed by atoms with Crippen molar-refractivity contribution in [2.45, 2.75) is 50.3 Å². The van der Waals surface area contributed by atoms with Gasteiger partial charge in [-0.3, -0.25) is 34.3 Å². The maximum atomic E-state index is 13.1. The number of rotatable bonds is 6. The number of carboxylic acids is 1. The number of fused-ring (bicyclic) bond motifs is 1. The Kier molecular flexibility index (Phi) is 6.75. The van der Waals surface area contributed by atoms with Crippen LogP contribution in [0.4, 0.5) is 5.69 Å². The van der Waals surface area contributed by atoms with Crippen LogP contribution >= 0.6 is 0 Å². The second-order valence-corrected chi connectivity index (χ2v) is 10.7. The van der Waals surface area contributed by atoms with Crippen LogP contribution in [-0.4, -0.2) is 88.9 Å². The molecule has 208 valence electrons. The smallest absolute Gasteiger partial charge is 0.335 e. The molecule has 2 aromatic carbocycles. The number of hydrogen-bond donors (Lipinski definition) is 2. The number of carbonyl (C=O) groups is 5. The predicted molar refractivity (Wildman–Crippen MR) is 142 cm³/mol. The molecule has 2 N–H and O–H groups in total. The number of benzene rings is 2. The molecule has 40 heavy (non-hydrogen) atoms. The first kappa shape index (κ1) is 26.0. The molecular formula is C29H30N4O7. The predicted octanol–water partition coefficient (Wildman–Crippen LogP) is 1.91. The highest BCUT2D eigenvalue weighted by molar-refractivity contribution is 6.23. The number of nitrogens with zero attached hydrogens (tertiary/aromatic N) is 3. The molecule has 4 amide bonds. The molecule has 4 aliphatic rings. The van der Waals surface area contributed by atoms with Crippen molar-refractivity contribution in [3.63, 3.8) is 0 Å². The number of amides is 4. The van der Waals surface area contributed by atoms with E-state index in [-0.39, 0.29) is 35.6 Å². The van der Waals surface area contributed by atoms with Crippen molar-refractivity contribution in [1.29, 1.82) is 0 Å². The third-order valence-corrected chi connectivity index (χ3v) is 8.38. The van der Waals surface area contributed by atoms with Crippen LogP contribution in [0, 0.1) is 0 Å². The molecule has 0 radical (unpaired) electrons. The van der Waals surface area contributed by atoms with Crippen LogP contribution in [0.25, 0.3) is 0 Å². The topological polar surface area (TPSA) is 137 Å². The standard InChI is InChI=1S/C29H30N4O7/c34-25-10-9-24(26(35)30-25)33-27(36)22-8-7-21(16-23(22)28(33)37)40-20-6-5-19(15-20)32-13-11-31(12-14-32)18-3-1-17(2-4-18)29(38)39/h1-4,7-8,16,19-20,24H,5-6,9-15H2,(H,38,39)(H,30,34,35)/t19-,20+,24?/m1/s1. The Morgan fingerprint density at radius 2 is 1.60 bits per heavy atom. The van der Waals surface area contributed by atoms with Gasteiger partial charge in [-0.25, -0.2) is 4.79 Å². The van der Waals surface area contributed by atoms with Crippen LogP contribution < -0.4 is 15.0 Å². The van der Waals surface area contributed by atoms with Gasteiger partial charge < -0.3 is 14.7 Å². The number of piperazine rings is 1. The van der Waals surface area contributed by atoms with Gasteiger partial charge in [0.1, 0.15) is 17.9 Å². The van der Waals surface area contributed by atoms with Crippen molar-refractivity contribution >= 4 is 35.3 Å². The van der Waals surface area contributed by atoms with Gasteiger partial charge >= 0.3 is 5.97 Å². The summed E-state index contributed by atoms with van der Waals surface area (Å²) >= 11 is 0. The lowest BCUT2D eigenvalue weighted by Crippen LogP contribution is -2.54. The van der Waals surface area contributed by atoms with E-state index in [0.29, 0.717) is 11.8 Å². The van der Waals surface area contributed by atoms with Gasteiger partial charge in [-0.2, -0.15) is 0 Å². The Hall–Kier alpha value is -4.25. The summed E-state index contributed by atoms with van der Waals surface area (Å²) in [6.07, 6.45) is 2.93. The zero-order valence-electron chi connectivity index (χ0n) is 21.9. The molecule has 6 rings (SSSR count). The largest absolute Gasteiger partial charge is 0.490 e. The SMILES string of the molecule is O=C1CCC(N2C(=O)c3ccc(O[C@H]4CC[C@@H](N5CCN(c6ccc(C(=O)O)cc6)CC5)C4)cc3C2=O)C(=O)N1. The minimum Gasteiger partial charge on any atom is -0.490 e. The summed E-state index contributed by atoms with van der Waals surface area (Å²) in [7, 11) is 0. The third kappa shape index (κ3) is 4.81. The van der Waals surface area contributed by atoms with Crippen molar-refractivity contribution in [1.82, 2.24) is 15.1 Å². The van der Waals surface area contributed by atoms with Gasteiger partial charge in [-0.05, 0) is 68.1 Å². The van der Waals surface area contributed by atoms with Crippen molar-refractivity contribution in [3.05, 3.63) is 59.2 Å². The quantitative estimate of drug-likeness (QED) is 0.521. The lowest BCUT2D eigenvalue weighted by molar-refractivity contribution is -0.136. The van der Waals surface area contributed by atoms with Crippen LogP contribution in [0.3, 0.4) is 0 Å². The van der Waals surface area contributed by atoms with Crippen LogP contribution in [0.5, 0.6) is 5.75 Å². The summed E-state index contributed by atoms with van der Waals surface area (Å²) in [6.45, 7) is 3.53. The fourth-order valence-corrected chi connectivity index (χ4v) is 6.23. The van der Waals surface area contributed by atoms with E-state index in [1.54, 1.807) is 30.3 Å². The molecule has 3 atom stereocenters. The van der Waals surface area contributed by atoms with Crippen LogP contribution in [0.1, 0.15) is 63.2 Å². The summed E-state index contributed by atoms with van der Waals surface area (Å²) in [6, 6.07) is 11.2. The molecule has 11 nitrogen and oxygen atoms in total.